The fourth-order valence-corrected chi connectivity index (χ4v) is 3.16. The molecule has 0 radical (unpaired) electrons. The molecule has 0 heterocycles. The van der Waals surface area contributed by atoms with E-state index in [2.05, 4.69) is 0 Å². The second kappa shape index (κ2) is 7.05. The van der Waals surface area contributed by atoms with Gasteiger partial charge in [0.25, 0.3) is 0 Å². The van der Waals surface area contributed by atoms with Gasteiger partial charge in [-0.1, -0.05) is 32.1 Å². The number of carbonyl (C=O) groups excluding carboxylic acids is 1. The Labute approximate surface area is 100 Å². The van der Waals surface area contributed by atoms with E-state index in [0.717, 1.165) is 11.8 Å². The first-order valence-electron chi connectivity index (χ1n) is 6.71. The molecule has 0 bridgehead atoms. The Balaban J connectivity index is 0.000000280. The zero-order chi connectivity index (χ0) is 12.0. The molecule has 2 aliphatic carbocycles. The predicted molar refractivity (Wildman–Crippen MR) is 68.5 cm³/mol. The molecule has 94 valence electrons. The van der Waals surface area contributed by atoms with E-state index in [0.29, 0.717) is 5.92 Å². The fraction of sp³-hybridized carbons (Fsp3) is 0.929. The normalized spacial score (nSPS) is 33.6. The highest BCUT2D eigenvalue weighted by Gasteiger charge is 2.34. The van der Waals surface area contributed by atoms with Crippen molar-refractivity contribution in [3.63, 3.8) is 0 Å². The summed E-state index contributed by atoms with van der Waals surface area (Å²) in [5, 5.41) is 0. The van der Waals surface area contributed by atoms with Crippen LogP contribution < -0.4 is 0 Å². The van der Waals surface area contributed by atoms with Gasteiger partial charge in [-0.2, -0.15) is 0 Å². The van der Waals surface area contributed by atoms with E-state index >= 15 is 0 Å². The van der Waals surface area contributed by atoms with Crippen molar-refractivity contribution in [2.75, 3.05) is 21.1 Å². The van der Waals surface area contributed by atoms with Crippen molar-refractivity contribution in [1.82, 2.24) is 4.90 Å². The van der Waals surface area contributed by atoms with Crippen LogP contribution in [-0.4, -0.2) is 32.3 Å². The molecule has 0 spiro atoms. The van der Waals surface area contributed by atoms with Crippen LogP contribution in [0.1, 0.15) is 44.9 Å². The standard InChI is InChI=1S/C11H18O.C3H9N/c12-8-10-6-3-5-9-4-1-2-7-11(9)10;1-4(2)3/h8-11H,1-7H2;1-3H3. The SMILES string of the molecule is CN(C)C.O=CC1CCCC2CCCCC12. The average molecular weight is 225 g/mol. The highest BCUT2D eigenvalue weighted by atomic mass is 16.1. The minimum absolute atomic E-state index is 0.420. The molecule has 2 aliphatic rings. The molecule has 2 rings (SSSR count). The summed E-state index contributed by atoms with van der Waals surface area (Å²) in [5.41, 5.74) is 0. The van der Waals surface area contributed by atoms with Crippen LogP contribution >= 0.6 is 0 Å². The van der Waals surface area contributed by atoms with Gasteiger partial charge in [0.05, 0.1) is 0 Å². The van der Waals surface area contributed by atoms with Crippen molar-refractivity contribution in [3.05, 3.63) is 0 Å². The Hall–Kier alpha value is -0.370. The van der Waals surface area contributed by atoms with Gasteiger partial charge in [0, 0.05) is 5.92 Å². The van der Waals surface area contributed by atoms with Crippen molar-refractivity contribution < 1.29 is 4.79 Å². The van der Waals surface area contributed by atoms with E-state index in [1.165, 1.54) is 51.2 Å². The van der Waals surface area contributed by atoms with Gasteiger partial charge < -0.3 is 9.69 Å². The average Bonchev–Trinajstić information content (AvgIpc) is 2.27. The largest absolute Gasteiger partial charge is 0.312 e. The Kier molecular flexibility index (Phi) is 6.04. The van der Waals surface area contributed by atoms with E-state index in [1.54, 1.807) is 0 Å². The minimum atomic E-state index is 0.420. The molecule has 0 aromatic rings. The molecule has 2 saturated carbocycles. The molecule has 2 nitrogen and oxygen atoms in total. The fourth-order valence-electron chi connectivity index (χ4n) is 3.16. The topological polar surface area (TPSA) is 20.3 Å². The molecular formula is C14H27NO. The first-order chi connectivity index (χ1) is 7.65. The Morgan fingerprint density at radius 3 is 2.12 bits per heavy atom. The Morgan fingerprint density at radius 1 is 0.938 bits per heavy atom. The van der Waals surface area contributed by atoms with Crippen LogP contribution in [0, 0.1) is 17.8 Å². The van der Waals surface area contributed by atoms with Crippen molar-refractivity contribution in [1.29, 1.82) is 0 Å². The second-order valence-corrected chi connectivity index (χ2v) is 5.78. The van der Waals surface area contributed by atoms with Gasteiger partial charge in [0.1, 0.15) is 6.29 Å². The maximum Gasteiger partial charge on any atom is 0.123 e. The van der Waals surface area contributed by atoms with Crippen molar-refractivity contribution in [2.24, 2.45) is 17.8 Å². The summed E-state index contributed by atoms with van der Waals surface area (Å²) >= 11 is 0. The van der Waals surface area contributed by atoms with Crippen LogP contribution in [0.4, 0.5) is 0 Å². The first-order valence-corrected chi connectivity index (χ1v) is 6.71. The van der Waals surface area contributed by atoms with Crippen LogP contribution in [-0.2, 0) is 4.79 Å². The summed E-state index contributed by atoms with van der Waals surface area (Å²) in [6.45, 7) is 0. The van der Waals surface area contributed by atoms with E-state index in [-0.39, 0.29) is 0 Å². The maximum atomic E-state index is 10.8. The van der Waals surface area contributed by atoms with Gasteiger partial charge in [-0.15, -0.1) is 0 Å². The van der Waals surface area contributed by atoms with Crippen LogP contribution in [0.5, 0.6) is 0 Å². The van der Waals surface area contributed by atoms with Crippen LogP contribution in [0.15, 0.2) is 0 Å². The summed E-state index contributed by atoms with van der Waals surface area (Å²) in [4.78, 5) is 12.8. The number of aldehydes is 1. The highest BCUT2D eigenvalue weighted by Crippen LogP contribution is 2.42. The van der Waals surface area contributed by atoms with Crippen LogP contribution in [0.25, 0.3) is 0 Å². The second-order valence-electron chi connectivity index (χ2n) is 5.78. The predicted octanol–water partition coefficient (Wildman–Crippen LogP) is 2.97. The molecule has 2 heteroatoms. The number of rotatable bonds is 1. The van der Waals surface area contributed by atoms with Gasteiger partial charge in [0.2, 0.25) is 0 Å². The third-order valence-corrected chi connectivity index (χ3v) is 3.80. The lowest BCUT2D eigenvalue weighted by molar-refractivity contribution is -0.115. The molecule has 3 atom stereocenters. The molecule has 2 fully saturated rings. The molecule has 0 saturated heterocycles. The molecule has 0 aromatic heterocycles. The molecule has 3 unspecified atom stereocenters. The third kappa shape index (κ3) is 4.25. The summed E-state index contributed by atoms with van der Waals surface area (Å²) < 4.78 is 0. The molecule has 16 heavy (non-hydrogen) atoms. The lowest BCUT2D eigenvalue weighted by atomic mass is 9.66. The van der Waals surface area contributed by atoms with Crippen LogP contribution in [0.2, 0.25) is 0 Å². The first kappa shape index (κ1) is 13.7. The van der Waals surface area contributed by atoms with Gasteiger partial charge in [-0.25, -0.2) is 0 Å². The summed E-state index contributed by atoms with van der Waals surface area (Å²) in [6.07, 6.45) is 10.6. The van der Waals surface area contributed by atoms with Crippen molar-refractivity contribution in [3.8, 4) is 0 Å². The summed E-state index contributed by atoms with van der Waals surface area (Å²) in [7, 11) is 6.00. The summed E-state index contributed by atoms with van der Waals surface area (Å²) in [6, 6.07) is 0. The van der Waals surface area contributed by atoms with Gasteiger partial charge in [-0.05, 0) is 45.8 Å². The van der Waals surface area contributed by atoms with E-state index < -0.39 is 0 Å². The van der Waals surface area contributed by atoms with Crippen LogP contribution in [0.3, 0.4) is 0 Å². The Bertz CT molecular complexity index is 198. The molecule has 0 N–H and O–H groups in total. The minimum Gasteiger partial charge on any atom is -0.312 e. The zero-order valence-corrected chi connectivity index (χ0v) is 11.1. The van der Waals surface area contributed by atoms with Crippen molar-refractivity contribution in [2.45, 2.75) is 44.9 Å². The molecule has 0 aromatic carbocycles. The monoisotopic (exact) mass is 225 g/mol. The number of nitrogens with zero attached hydrogens (tertiary/aromatic N) is 1. The van der Waals surface area contributed by atoms with E-state index in [4.69, 9.17) is 0 Å². The number of hydrogen-bond donors (Lipinski definition) is 0. The molecule has 0 amide bonds. The molecule has 0 aliphatic heterocycles. The number of fused-ring (bicyclic) bond motifs is 1. The Morgan fingerprint density at radius 2 is 1.50 bits per heavy atom. The number of hydrogen-bond acceptors (Lipinski definition) is 2. The zero-order valence-electron chi connectivity index (χ0n) is 11.1. The van der Waals surface area contributed by atoms with E-state index in [9.17, 15) is 4.79 Å². The van der Waals surface area contributed by atoms with Crippen molar-refractivity contribution >= 4 is 6.29 Å². The van der Waals surface area contributed by atoms with Gasteiger partial charge in [-0.3, -0.25) is 0 Å². The smallest absolute Gasteiger partial charge is 0.123 e. The van der Waals surface area contributed by atoms with Gasteiger partial charge in [0.15, 0.2) is 0 Å². The molecular weight excluding hydrogens is 198 g/mol. The quantitative estimate of drug-likeness (QED) is 0.639. The number of carbonyl (C=O) groups is 1. The third-order valence-electron chi connectivity index (χ3n) is 3.80. The van der Waals surface area contributed by atoms with E-state index in [1.807, 2.05) is 26.0 Å². The lowest BCUT2D eigenvalue weighted by Gasteiger charge is -2.39. The van der Waals surface area contributed by atoms with Gasteiger partial charge >= 0.3 is 0 Å². The maximum absolute atomic E-state index is 10.8. The lowest BCUT2D eigenvalue weighted by Crippen LogP contribution is -2.31. The highest BCUT2D eigenvalue weighted by molar-refractivity contribution is 5.54. The summed E-state index contributed by atoms with van der Waals surface area (Å²) in [5.74, 6) is 2.09.